The lowest BCUT2D eigenvalue weighted by molar-refractivity contribution is -0.0177. The van der Waals surface area contributed by atoms with Gasteiger partial charge in [-0.3, -0.25) is 14.4 Å². The Hall–Kier alpha value is -3.35. The first-order chi connectivity index (χ1) is 22.9. The van der Waals surface area contributed by atoms with Gasteiger partial charge in [0.1, 0.15) is 11.5 Å². The fraction of sp³-hybridized carbons (Fsp3) is 0.472. The molecule has 1 heterocycles. The van der Waals surface area contributed by atoms with Crippen LogP contribution >= 0.6 is 11.6 Å². The van der Waals surface area contributed by atoms with E-state index >= 15 is 0 Å². The van der Waals surface area contributed by atoms with Gasteiger partial charge in [0.15, 0.2) is 0 Å². The monoisotopic (exact) mass is 701 g/mol. The number of ether oxygens (including phenoxy) is 3. The Morgan fingerprint density at radius 1 is 1.08 bits per heavy atom. The molecule has 4 rings (SSSR count). The van der Waals surface area contributed by atoms with Gasteiger partial charge in [0, 0.05) is 42.9 Å². The van der Waals surface area contributed by atoms with Gasteiger partial charge in [0.25, 0.3) is 15.9 Å². The van der Waals surface area contributed by atoms with E-state index in [1.54, 1.807) is 31.1 Å². The molecule has 0 saturated heterocycles. The van der Waals surface area contributed by atoms with Gasteiger partial charge in [0.2, 0.25) is 0 Å². The van der Waals surface area contributed by atoms with Gasteiger partial charge in [-0.1, -0.05) is 30.7 Å². The number of nitrogens with zero attached hydrogens (tertiary/aromatic N) is 2. The van der Waals surface area contributed by atoms with Crippen molar-refractivity contribution in [3.8, 4) is 11.5 Å². The van der Waals surface area contributed by atoms with Crippen molar-refractivity contribution in [3.05, 3.63) is 82.9 Å². The summed E-state index contributed by atoms with van der Waals surface area (Å²) in [6.45, 7) is 7.77. The first-order valence-corrected chi connectivity index (χ1v) is 18.2. The van der Waals surface area contributed by atoms with Crippen LogP contribution in [0.5, 0.6) is 11.5 Å². The van der Waals surface area contributed by atoms with E-state index in [-0.39, 0.29) is 46.8 Å². The van der Waals surface area contributed by atoms with Gasteiger partial charge >= 0.3 is 0 Å². The number of anilines is 1. The van der Waals surface area contributed by atoms with E-state index in [1.165, 1.54) is 30.3 Å². The minimum absolute atomic E-state index is 0.0375. The molecular formula is C36H48ClN3O7S. The van der Waals surface area contributed by atoms with Crippen LogP contribution in [0, 0.1) is 5.92 Å². The molecule has 3 aromatic carbocycles. The molecule has 10 nitrogen and oxygen atoms in total. The Kier molecular flexibility index (Phi) is 13.5. The van der Waals surface area contributed by atoms with E-state index in [0.29, 0.717) is 37.0 Å². The van der Waals surface area contributed by atoms with Crippen molar-refractivity contribution >= 4 is 33.2 Å². The number of likely N-dealkylation sites (N-methyl/N-ethyl adjacent to an activating group) is 1. The summed E-state index contributed by atoms with van der Waals surface area (Å²) in [6.07, 6.45) is 2.08. The maximum Gasteiger partial charge on any atom is 0.261 e. The molecule has 48 heavy (non-hydrogen) atoms. The number of fused-ring (bicyclic) bond motifs is 1. The average Bonchev–Trinajstić information content (AvgIpc) is 3.06. The van der Waals surface area contributed by atoms with Crippen molar-refractivity contribution < 1.29 is 32.5 Å². The molecule has 262 valence electrons. The van der Waals surface area contributed by atoms with Gasteiger partial charge in [-0.2, -0.15) is 0 Å². The third kappa shape index (κ3) is 10.3. The Morgan fingerprint density at radius 3 is 2.46 bits per heavy atom. The van der Waals surface area contributed by atoms with Crippen LogP contribution in [0.25, 0.3) is 0 Å². The number of halogens is 1. The SMILES string of the molecule is COc1ccc(CN(C)C[C@H]2OCCCC[C@H](C)Oc3ccc(NS(=O)(=O)c4ccc(Cl)cc4)cc3C(=O)N([C@@H](C)CO)C[C@H]2C)cc1. The first kappa shape index (κ1) is 37.5. The van der Waals surface area contributed by atoms with E-state index in [1.807, 2.05) is 38.2 Å². The van der Waals surface area contributed by atoms with Crippen LogP contribution in [0.15, 0.2) is 71.6 Å². The molecule has 3 aromatic rings. The summed E-state index contributed by atoms with van der Waals surface area (Å²) in [5, 5.41) is 10.7. The van der Waals surface area contributed by atoms with Crippen molar-refractivity contribution in [2.24, 2.45) is 5.92 Å². The third-order valence-corrected chi connectivity index (χ3v) is 10.2. The highest BCUT2D eigenvalue weighted by atomic mass is 35.5. The number of carbonyl (C=O) groups excluding carboxylic acids is 1. The molecule has 12 heteroatoms. The fourth-order valence-electron chi connectivity index (χ4n) is 5.69. The van der Waals surface area contributed by atoms with Crippen molar-refractivity contribution in [3.63, 3.8) is 0 Å². The maximum absolute atomic E-state index is 14.4. The summed E-state index contributed by atoms with van der Waals surface area (Å²) in [6, 6.07) is 18.0. The summed E-state index contributed by atoms with van der Waals surface area (Å²) in [4.78, 5) is 18.3. The molecule has 1 aliphatic rings. The average molecular weight is 702 g/mol. The van der Waals surface area contributed by atoms with Crippen molar-refractivity contribution in [1.82, 2.24) is 9.80 Å². The number of amides is 1. The van der Waals surface area contributed by atoms with Gasteiger partial charge in [-0.05, 0) is 100 Å². The highest BCUT2D eigenvalue weighted by molar-refractivity contribution is 7.92. The normalized spacial score (nSPS) is 20.4. The number of carbonyl (C=O) groups is 1. The van der Waals surface area contributed by atoms with Crippen LogP contribution in [0.2, 0.25) is 5.02 Å². The molecule has 4 atom stereocenters. The minimum atomic E-state index is -3.96. The number of benzene rings is 3. The van der Waals surface area contributed by atoms with Crippen LogP contribution in [-0.4, -0.2) is 87.9 Å². The summed E-state index contributed by atoms with van der Waals surface area (Å²) in [5.41, 5.74) is 1.56. The van der Waals surface area contributed by atoms with Gasteiger partial charge < -0.3 is 24.2 Å². The van der Waals surface area contributed by atoms with Crippen LogP contribution in [0.4, 0.5) is 5.69 Å². The topological polar surface area (TPSA) is 118 Å². The molecular weight excluding hydrogens is 654 g/mol. The summed E-state index contributed by atoms with van der Waals surface area (Å²) in [5.74, 6) is 0.688. The number of rotatable bonds is 10. The van der Waals surface area contributed by atoms with Crippen LogP contribution < -0.4 is 14.2 Å². The molecule has 0 radical (unpaired) electrons. The van der Waals surface area contributed by atoms with Crippen LogP contribution in [0.3, 0.4) is 0 Å². The molecule has 0 unspecified atom stereocenters. The predicted octanol–water partition coefficient (Wildman–Crippen LogP) is 6.08. The fourth-order valence-corrected chi connectivity index (χ4v) is 6.87. The standard InChI is InChI=1S/C36H48ClN3O7S/c1-25-21-40(26(2)24-41)36(42)33-20-30(38-48(43,44)32-16-11-29(37)12-17-32)13-18-34(33)47-27(3)8-6-7-19-46-35(25)23-39(4)22-28-9-14-31(45-5)15-10-28/h9-18,20,25-27,35,38,41H,6-8,19,21-24H2,1-5H3/t25-,26+,27+,35-/m1/s1. The second-order valence-electron chi connectivity index (χ2n) is 12.6. The number of aliphatic hydroxyl groups is 1. The van der Waals surface area contributed by atoms with Crippen LogP contribution in [0.1, 0.15) is 56.0 Å². The number of methoxy groups -OCH3 is 1. The van der Waals surface area contributed by atoms with Gasteiger partial charge in [-0.25, -0.2) is 8.42 Å². The van der Waals surface area contributed by atoms with Gasteiger partial charge in [0.05, 0.1) is 42.4 Å². The molecule has 0 aliphatic carbocycles. The number of hydrogen-bond acceptors (Lipinski definition) is 8. The summed E-state index contributed by atoms with van der Waals surface area (Å²) in [7, 11) is -0.268. The first-order valence-electron chi connectivity index (χ1n) is 16.3. The smallest absolute Gasteiger partial charge is 0.261 e. The number of sulfonamides is 1. The number of nitrogens with one attached hydrogen (secondary N) is 1. The van der Waals surface area contributed by atoms with E-state index in [9.17, 15) is 18.3 Å². The summed E-state index contributed by atoms with van der Waals surface area (Å²) < 4.78 is 47.0. The second-order valence-corrected chi connectivity index (χ2v) is 14.7. The summed E-state index contributed by atoms with van der Waals surface area (Å²) >= 11 is 5.96. The molecule has 0 fully saturated rings. The highest BCUT2D eigenvalue weighted by Crippen LogP contribution is 2.30. The Morgan fingerprint density at radius 2 is 1.79 bits per heavy atom. The molecule has 1 amide bonds. The van der Waals surface area contributed by atoms with E-state index in [0.717, 1.165) is 30.6 Å². The molecule has 1 aliphatic heterocycles. The highest BCUT2D eigenvalue weighted by Gasteiger charge is 2.30. The van der Waals surface area contributed by atoms with Crippen molar-refractivity contribution in [2.45, 2.75) is 69.7 Å². The van der Waals surface area contributed by atoms with Crippen LogP contribution in [-0.2, 0) is 21.3 Å². The lowest BCUT2D eigenvalue weighted by atomic mass is 10.0. The molecule has 0 aromatic heterocycles. The Labute approximate surface area is 290 Å². The number of aliphatic hydroxyl groups excluding tert-OH is 1. The molecule has 0 bridgehead atoms. The zero-order valence-electron chi connectivity index (χ0n) is 28.4. The Balaban J connectivity index is 1.62. The largest absolute Gasteiger partial charge is 0.497 e. The molecule has 0 saturated carbocycles. The third-order valence-electron chi connectivity index (χ3n) is 8.53. The van der Waals surface area contributed by atoms with Gasteiger partial charge in [-0.15, -0.1) is 0 Å². The van der Waals surface area contributed by atoms with E-state index in [2.05, 4.69) is 16.5 Å². The maximum atomic E-state index is 14.4. The quantitative estimate of drug-likeness (QED) is 0.262. The van der Waals surface area contributed by atoms with E-state index in [4.69, 9.17) is 25.8 Å². The van der Waals surface area contributed by atoms with Crippen molar-refractivity contribution in [1.29, 1.82) is 0 Å². The van der Waals surface area contributed by atoms with E-state index < -0.39 is 16.1 Å². The minimum Gasteiger partial charge on any atom is -0.497 e. The number of hydrogen-bond donors (Lipinski definition) is 2. The molecule has 0 spiro atoms. The van der Waals surface area contributed by atoms with Crippen molar-refractivity contribution in [2.75, 3.05) is 45.2 Å². The second kappa shape index (κ2) is 17.3. The lowest BCUT2D eigenvalue weighted by Crippen LogP contribution is -2.47. The zero-order valence-corrected chi connectivity index (χ0v) is 30.0. The Bertz CT molecular complexity index is 1590. The lowest BCUT2D eigenvalue weighted by Gasteiger charge is -2.36. The predicted molar refractivity (Wildman–Crippen MR) is 188 cm³/mol. The molecule has 2 N–H and O–H groups in total. The zero-order chi connectivity index (χ0) is 34.8.